The first-order chi connectivity index (χ1) is 9.40. The van der Waals surface area contributed by atoms with Gasteiger partial charge in [0.15, 0.2) is 0 Å². The minimum Gasteiger partial charge on any atom is -0.343 e. The summed E-state index contributed by atoms with van der Waals surface area (Å²) in [6.07, 6.45) is 0.388. The molecule has 4 nitrogen and oxygen atoms in total. The third-order valence-corrected chi connectivity index (χ3v) is 4.04. The Labute approximate surface area is 120 Å². The molecule has 0 spiro atoms. The number of amides is 2. The van der Waals surface area contributed by atoms with Gasteiger partial charge in [-0.05, 0) is 44.9 Å². The molecule has 0 aromatic heterocycles. The molecule has 1 N–H and O–H groups in total. The van der Waals surface area contributed by atoms with Crippen molar-refractivity contribution in [3.8, 4) is 0 Å². The zero-order chi connectivity index (χ0) is 14.9. The number of hydrogen-bond donors (Lipinski definition) is 1. The van der Waals surface area contributed by atoms with Crippen LogP contribution in [0.2, 0.25) is 0 Å². The van der Waals surface area contributed by atoms with Crippen molar-refractivity contribution in [2.24, 2.45) is 0 Å². The van der Waals surface area contributed by atoms with Crippen LogP contribution in [-0.2, 0) is 21.4 Å². The maximum atomic E-state index is 12.1. The quantitative estimate of drug-likeness (QED) is 0.916. The average Bonchev–Trinajstić information content (AvgIpc) is 2.62. The molecule has 0 fully saturated rings. The molecule has 1 aromatic carbocycles. The number of nitrogens with one attached hydrogen (secondary N) is 1. The SMILES string of the molecule is CCN(CC)C(=O)Cc1ccc2c(c1)C(C)(C)C(=O)N2. The fourth-order valence-electron chi connectivity index (χ4n) is 2.59. The molecule has 0 aliphatic carbocycles. The summed E-state index contributed by atoms with van der Waals surface area (Å²) in [4.78, 5) is 25.9. The second kappa shape index (κ2) is 5.27. The molecule has 0 saturated heterocycles. The Morgan fingerprint density at radius 2 is 1.90 bits per heavy atom. The van der Waals surface area contributed by atoms with E-state index in [1.165, 1.54) is 0 Å². The van der Waals surface area contributed by atoms with E-state index in [0.29, 0.717) is 6.42 Å². The standard InChI is InChI=1S/C16H22N2O2/c1-5-18(6-2)14(19)10-11-7-8-13-12(9-11)16(3,4)15(20)17-13/h7-9H,5-6,10H2,1-4H3,(H,17,20). The molecular weight excluding hydrogens is 252 g/mol. The van der Waals surface area contributed by atoms with Gasteiger partial charge in [0, 0.05) is 18.8 Å². The Kier molecular flexibility index (Phi) is 3.84. The molecule has 0 radical (unpaired) electrons. The Hall–Kier alpha value is -1.84. The number of fused-ring (bicyclic) bond motifs is 1. The van der Waals surface area contributed by atoms with Crippen molar-refractivity contribution in [3.63, 3.8) is 0 Å². The molecule has 0 bridgehead atoms. The molecule has 1 heterocycles. The lowest BCUT2D eigenvalue weighted by molar-refractivity contribution is -0.130. The normalized spacial score (nSPS) is 15.7. The highest BCUT2D eigenvalue weighted by atomic mass is 16.2. The molecule has 20 heavy (non-hydrogen) atoms. The molecule has 1 aliphatic rings. The first-order valence-corrected chi connectivity index (χ1v) is 7.12. The van der Waals surface area contributed by atoms with Crippen LogP contribution in [0.25, 0.3) is 0 Å². The van der Waals surface area contributed by atoms with Gasteiger partial charge >= 0.3 is 0 Å². The fraction of sp³-hybridized carbons (Fsp3) is 0.500. The molecular formula is C16H22N2O2. The predicted octanol–water partition coefficient (Wildman–Crippen LogP) is 2.33. The van der Waals surface area contributed by atoms with E-state index in [1.54, 1.807) is 0 Å². The number of nitrogens with zero attached hydrogens (tertiary/aromatic N) is 1. The van der Waals surface area contributed by atoms with Crippen molar-refractivity contribution in [3.05, 3.63) is 29.3 Å². The molecule has 0 saturated carbocycles. The minimum atomic E-state index is -0.524. The van der Waals surface area contributed by atoms with Gasteiger partial charge in [0.1, 0.15) is 0 Å². The van der Waals surface area contributed by atoms with Crippen molar-refractivity contribution >= 4 is 17.5 Å². The van der Waals surface area contributed by atoms with Crippen molar-refractivity contribution in [2.45, 2.75) is 39.5 Å². The van der Waals surface area contributed by atoms with Gasteiger partial charge in [0.25, 0.3) is 0 Å². The third-order valence-electron chi connectivity index (χ3n) is 4.04. The van der Waals surface area contributed by atoms with Crippen LogP contribution < -0.4 is 5.32 Å². The van der Waals surface area contributed by atoms with Crippen molar-refractivity contribution in [2.75, 3.05) is 18.4 Å². The van der Waals surface area contributed by atoms with Crippen LogP contribution in [0.15, 0.2) is 18.2 Å². The minimum absolute atomic E-state index is 0.0136. The highest BCUT2D eigenvalue weighted by Crippen LogP contribution is 2.37. The summed E-state index contributed by atoms with van der Waals surface area (Å²) in [5.74, 6) is 0.143. The van der Waals surface area contributed by atoms with Gasteiger partial charge in [-0.1, -0.05) is 12.1 Å². The van der Waals surface area contributed by atoms with Crippen LogP contribution in [-0.4, -0.2) is 29.8 Å². The first-order valence-electron chi connectivity index (χ1n) is 7.12. The van der Waals surface area contributed by atoms with Crippen molar-refractivity contribution in [1.82, 2.24) is 4.90 Å². The Balaban J connectivity index is 2.23. The maximum absolute atomic E-state index is 12.1. The monoisotopic (exact) mass is 274 g/mol. The molecule has 0 unspecified atom stereocenters. The number of carbonyl (C=O) groups excluding carboxylic acids is 2. The van der Waals surface area contributed by atoms with Crippen molar-refractivity contribution in [1.29, 1.82) is 0 Å². The molecule has 1 aromatic rings. The highest BCUT2D eigenvalue weighted by molar-refractivity contribution is 6.05. The Bertz CT molecular complexity index is 545. The van der Waals surface area contributed by atoms with Gasteiger partial charge in [0.05, 0.1) is 11.8 Å². The number of anilines is 1. The van der Waals surface area contributed by atoms with E-state index >= 15 is 0 Å². The molecule has 0 atom stereocenters. The van der Waals surface area contributed by atoms with E-state index in [1.807, 2.05) is 50.8 Å². The van der Waals surface area contributed by atoms with Crippen LogP contribution in [0, 0.1) is 0 Å². The fourth-order valence-corrected chi connectivity index (χ4v) is 2.59. The number of benzene rings is 1. The lowest BCUT2D eigenvalue weighted by atomic mass is 9.85. The Morgan fingerprint density at radius 3 is 2.50 bits per heavy atom. The molecule has 1 aliphatic heterocycles. The second-order valence-electron chi connectivity index (χ2n) is 5.70. The lowest BCUT2D eigenvalue weighted by Gasteiger charge is -2.19. The van der Waals surface area contributed by atoms with E-state index < -0.39 is 5.41 Å². The Morgan fingerprint density at radius 1 is 1.25 bits per heavy atom. The number of rotatable bonds is 4. The van der Waals surface area contributed by atoms with Crippen LogP contribution >= 0.6 is 0 Å². The first kappa shape index (κ1) is 14.6. The summed E-state index contributed by atoms with van der Waals surface area (Å²) >= 11 is 0. The molecule has 4 heteroatoms. The van der Waals surface area contributed by atoms with Gasteiger partial charge in [-0.2, -0.15) is 0 Å². The van der Waals surface area contributed by atoms with Gasteiger partial charge in [-0.25, -0.2) is 0 Å². The smallest absolute Gasteiger partial charge is 0.234 e. The number of carbonyl (C=O) groups is 2. The predicted molar refractivity (Wildman–Crippen MR) is 79.7 cm³/mol. The van der Waals surface area contributed by atoms with E-state index in [0.717, 1.165) is 29.9 Å². The molecule has 2 amide bonds. The zero-order valence-corrected chi connectivity index (χ0v) is 12.6. The van der Waals surface area contributed by atoms with Gasteiger partial charge in [0.2, 0.25) is 11.8 Å². The maximum Gasteiger partial charge on any atom is 0.234 e. The average molecular weight is 274 g/mol. The summed E-state index contributed by atoms with van der Waals surface area (Å²) in [7, 11) is 0. The van der Waals surface area contributed by atoms with E-state index in [-0.39, 0.29) is 11.8 Å². The summed E-state index contributed by atoms with van der Waals surface area (Å²) in [5.41, 5.74) is 2.28. The topological polar surface area (TPSA) is 49.4 Å². The second-order valence-corrected chi connectivity index (χ2v) is 5.70. The summed E-state index contributed by atoms with van der Waals surface area (Å²) < 4.78 is 0. The van der Waals surface area contributed by atoms with Crippen LogP contribution in [0.3, 0.4) is 0 Å². The van der Waals surface area contributed by atoms with E-state index in [9.17, 15) is 9.59 Å². The van der Waals surface area contributed by atoms with E-state index in [2.05, 4.69) is 5.32 Å². The third kappa shape index (κ3) is 2.42. The number of hydrogen-bond acceptors (Lipinski definition) is 2. The largest absolute Gasteiger partial charge is 0.343 e. The molecule has 2 rings (SSSR count). The highest BCUT2D eigenvalue weighted by Gasteiger charge is 2.38. The van der Waals surface area contributed by atoms with Crippen LogP contribution in [0.4, 0.5) is 5.69 Å². The molecule has 108 valence electrons. The summed E-state index contributed by atoms with van der Waals surface area (Å²) in [5, 5.41) is 2.88. The van der Waals surface area contributed by atoms with Crippen LogP contribution in [0.5, 0.6) is 0 Å². The van der Waals surface area contributed by atoms with Gasteiger partial charge in [-0.15, -0.1) is 0 Å². The number of likely N-dealkylation sites (N-methyl/N-ethyl adjacent to an activating group) is 1. The summed E-state index contributed by atoms with van der Waals surface area (Å²) in [6.45, 7) is 9.23. The van der Waals surface area contributed by atoms with E-state index in [4.69, 9.17) is 0 Å². The lowest BCUT2D eigenvalue weighted by Crippen LogP contribution is -2.31. The van der Waals surface area contributed by atoms with Crippen molar-refractivity contribution < 1.29 is 9.59 Å². The van der Waals surface area contributed by atoms with Gasteiger partial charge < -0.3 is 10.2 Å². The van der Waals surface area contributed by atoms with Crippen LogP contribution in [0.1, 0.15) is 38.8 Å². The summed E-state index contributed by atoms with van der Waals surface area (Å²) in [6, 6.07) is 5.80. The zero-order valence-electron chi connectivity index (χ0n) is 12.6. The van der Waals surface area contributed by atoms with Gasteiger partial charge in [-0.3, -0.25) is 9.59 Å².